The maximum absolute atomic E-state index is 12.9. The predicted molar refractivity (Wildman–Crippen MR) is 266 cm³/mol. The molecular formula is C53H92O12S. The Balaban J connectivity index is 2.39. The number of esters is 1. The maximum Gasteiger partial charge on any atom is 0.397 e. The van der Waals surface area contributed by atoms with Crippen molar-refractivity contribution in [2.75, 3.05) is 26.4 Å². The fraction of sp³-hybridized carbons (Fsp3) is 0.755. The Morgan fingerprint density at radius 1 is 0.591 bits per heavy atom. The highest BCUT2D eigenvalue weighted by Gasteiger charge is 2.48. The molecule has 6 unspecified atom stereocenters. The number of carbonyl (C=O) groups excluding carboxylic acids is 1. The quantitative estimate of drug-likeness (QED) is 0.0197. The van der Waals surface area contributed by atoms with Crippen molar-refractivity contribution >= 4 is 16.4 Å². The zero-order valence-electron chi connectivity index (χ0n) is 41.0. The van der Waals surface area contributed by atoms with E-state index in [1.165, 1.54) is 83.5 Å². The largest absolute Gasteiger partial charge is 0.457 e. The molecule has 0 radical (unpaired) electrons. The molecule has 0 aliphatic carbocycles. The second-order valence-corrected chi connectivity index (χ2v) is 18.4. The molecule has 66 heavy (non-hydrogen) atoms. The number of hydrogen-bond donors (Lipinski definition) is 4. The summed E-state index contributed by atoms with van der Waals surface area (Å²) >= 11 is 0. The summed E-state index contributed by atoms with van der Waals surface area (Å²) in [6, 6.07) is 0. The average Bonchev–Trinajstić information content (AvgIpc) is 3.29. The standard InChI is InChI=1S/C53H92O12S/c1-3-5-7-9-11-13-15-17-19-21-22-23-24-25-26-27-28-30-32-34-36-38-40-42-49(55)63-47(46-62-53-51(57)52(65-66(58,59)60)50(56)48(44-54)64-53)45-61-43-41-39-37-35-33-31-29-20-18-16-14-12-10-8-6-4-2/h5,7,11,13,17,19,22-23,25-26,28,30,47-48,50-54,56-57H,3-4,6,8-10,12,14-16,18,20-21,24,27,29,31-46H2,1-2H3,(H,58,59,60)/b7-5-,13-11-,19-17-,23-22-,26-25-,30-28-. The molecule has 382 valence electrons. The molecule has 0 bridgehead atoms. The first-order valence-electron chi connectivity index (χ1n) is 25.7. The smallest absolute Gasteiger partial charge is 0.397 e. The molecule has 0 aromatic heterocycles. The molecule has 1 rings (SSSR count). The van der Waals surface area contributed by atoms with E-state index in [2.05, 4.69) is 90.9 Å². The van der Waals surface area contributed by atoms with Crippen molar-refractivity contribution in [1.29, 1.82) is 0 Å². The number of allylic oxidation sites excluding steroid dienone is 12. The SMILES string of the molecule is CC/C=C\C/C=C\C/C=C\C/C=C\C/C=C\C/C=C\CCCCCCC(=O)OC(COCCCCCCCCCCCCCCCCCC)COC1OC(CO)C(O)C(OS(=O)(=O)O)C1O. The van der Waals surface area contributed by atoms with E-state index in [0.717, 1.165) is 83.5 Å². The molecule has 1 heterocycles. The normalized spacial score (nSPS) is 20.1. The monoisotopic (exact) mass is 953 g/mol. The van der Waals surface area contributed by atoms with E-state index in [1.807, 2.05) is 0 Å². The van der Waals surface area contributed by atoms with Gasteiger partial charge in [-0.1, -0.05) is 196 Å². The number of aliphatic hydroxyl groups excluding tert-OH is 3. The highest BCUT2D eigenvalue weighted by Crippen LogP contribution is 2.26. The summed E-state index contributed by atoms with van der Waals surface area (Å²) in [7, 11) is -5.07. The third-order valence-electron chi connectivity index (χ3n) is 11.3. The summed E-state index contributed by atoms with van der Waals surface area (Å²) in [4.78, 5) is 12.9. The predicted octanol–water partition coefficient (Wildman–Crippen LogP) is 11.9. The fourth-order valence-electron chi connectivity index (χ4n) is 7.50. The number of rotatable bonds is 44. The van der Waals surface area contributed by atoms with E-state index in [0.29, 0.717) is 13.0 Å². The van der Waals surface area contributed by atoms with Crippen LogP contribution in [0.15, 0.2) is 72.9 Å². The van der Waals surface area contributed by atoms with Crippen molar-refractivity contribution in [2.45, 2.75) is 230 Å². The van der Waals surface area contributed by atoms with Crippen LogP contribution in [0.3, 0.4) is 0 Å². The summed E-state index contributed by atoms with van der Waals surface area (Å²) in [5.74, 6) is -0.423. The van der Waals surface area contributed by atoms with Crippen molar-refractivity contribution in [3.63, 3.8) is 0 Å². The van der Waals surface area contributed by atoms with E-state index in [-0.39, 0.29) is 19.6 Å². The molecule has 1 aliphatic heterocycles. The lowest BCUT2D eigenvalue weighted by molar-refractivity contribution is -0.301. The number of hydrogen-bond acceptors (Lipinski definition) is 11. The van der Waals surface area contributed by atoms with Crippen LogP contribution in [0.2, 0.25) is 0 Å². The van der Waals surface area contributed by atoms with Gasteiger partial charge in [-0.25, -0.2) is 4.18 Å². The fourth-order valence-corrected chi connectivity index (χ4v) is 8.01. The summed E-state index contributed by atoms with van der Waals surface area (Å²) in [6.07, 6.45) is 47.8. The lowest BCUT2D eigenvalue weighted by atomic mass is 9.99. The lowest BCUT2D eigenvalue weighted by Crippen LogP contribution is -2.60. The van der Waals surface area contributed by atoms with Crippen molar-refractivity contribution < 1.29 is 56.2 Å². The van der Waals surface area contributed by atoms with Gasteiger partial charge in [-0.2, -0.15) is 8.42 Å². The van der Waals surface area contributed by atoms with Gasteiger partial charge in [0.05, 0.1) is 19.8 Å². The molecule has 0 saturated carbocycles. The Kier molecular flexibility index (Phi) is 40.8. The summed E-state index contributed by atoms with van der Waals surface area (Å²) in [6.45, 7) is 3.86. The molecule has 13 heteroatoms. The highest BCUT2D eigenvalue weighted by molar-refractivity contribution is 7.80. The molecule has 6 atom stereocenters. The van der Waals surface area contributed by atoms with Crippen LogP contribution in [0, 0.1) is 0 Å². The number of unbranched alkanes of at least 4 members (excludes halogenated alkanes) is 19. The van der Waals surface area contributed by atoms with Gasteiger partial charge in [-0.05, 0) is 64.2 Å². The van der Waals surface area contributed by atoms with Gasteiger partial charge in [0, 0.05) is 13.0 Å². The van der Waals surface area contributed by atoms with Gasteiger partial charge in [0.1, 0.15) is 30.5 Å². The molecule has 0 aromatic carbocycles. The van der Waals surface area contributed by atoms with Crippen LogP contribution >= 0.6 is 0 Å². The van der Waals surface area contributed by atoms with E-state index in [4.69, 9.17) is 18.9 Å². The van der Waals surface area contributed by atoms with Gasteiger partial charge in [-0.15, -0.1) is 0 Å². The van der Waals surface area contributed by atoms with Crippen molar-refractivity contribution in [1.82, 2.24) is 0 Å². The van der Waals surface area contributed by atoms with E-state index < -0.39 is 59.8 Å². The first kappa shape index (κ1) is 61.6. The van der Waals surface area contributed by atoms with E-state index >= 15 is 0 Å². The lowest BCUT2D eigenvalue weighted by Gasteiger charge is -2.41. The minimum Gasteiger partial charge on any atom is -0.457 e. The van der Waals surface area contributed by atoms with Gasteiger partial charge in [0.2, 0.25) is 0 Å². The Morgan fingerprint density at radius 2 is 1.05 bits per heavy atom. The van der Waals surface area contributed by atoms with Crippen LogP contribution in [0.25, 0.3) is 0 Å². The van der Waals surface area contributed by atoms with Gasteiger partial charge < -0.3 is 34.3 Å². The van der Waals surface area contributed by atoms with Gasteiger partial charge >= 0.3 is 16.4 Å². The zero-order chi connectivity index (χ0) is 48.2. The van der Waals surface area contributed by atoms with Crippen LogP contribution in [0.5, 0.6) is 0 Å². The van der Waals surface area contributed by atoms with Crippen LogP contribution in [-0.4, -0.2) is 97.5 Å². The third kappa shape index (κ3) is 36.6. The molecule has 12 nitrogen and oxygen atoms in total. The number of aliphatic hydroxyl groups is 3. The molecule has 0 aromatic rings. The first-order valence-corrected chi connectivity index (χ1v) is 27.1. The minimum absolute atomic E-state index is 0.0241. The second kappa shape index (κ2) is 43.8. The Morgan fingerprint density at radius 3 is 1.53 bits per heavy atom. The van der Waals surface area contributed by atoms with Crippen LogP contribution in [0.1, 0.15) is 194 Å². The Labute approximate surface area is 401 Å². The van der Waals surface area contributed by atoms with Crippen LogP contribution < -0.4 is 0 Å². The minimum atomic E-state index is -5.07. The first-order chi connectivity index (χ1) is 32.1. The molecule has 1 saturated heterocycles. The van der Waals surface area contributed by atoms with Crippen molar-refractivity contribution in [3.8, 4) is 0 Å². The average molecular weight is 953 g/mol. The summed E-state index contributed by atoms with van der Waals surface area (Å²) in [5.41, 5.74) is 0. The topological polar surface area (TPSA) is 178 Å². The molecule has 0 amide bonds. The molecule has 0 spiro atoms. The third-order valence-corrected chi connectivity index (χ3v) is 11.8. The van der Waals surface area contributed by atoms with Gasteiger partial charge in [0.15, 0.2) is 6.29 Å². The van der Waals surface area contributed by atoms with E-state index in [9.17, 15) is 33.1 Å². The summed E-state index contributed by atoms with van der Waals surface area (Å²) in [5, 5.41) is 30.8. The highest BCUT2D eigenvalue weighted by atomic mass is 32.3. The molecule has 4 N–H and O–H groups in total. The summed E-state index contributed by atoms with van der Waals surface area (Å²) < 4.78 is 59.2. The Bertz CT molecular complexity index is 1420. The van der Waals surface area contributed by atoms with Crippen molar-refractivity contribution in [3.05, 3.63) is 72.9 Å². The zero-order valence-corrected chi connectivity index (χ0v) is 41.8. The van der Waals surface area contributed by atoms with Gasteiger partial charge in [0.25, 0.3) is 0 Å². The van der Waals surface area contributed by atoms with Gasteiger partial charge in [-0.3, -0.25) is 9.35 Å². The molecule has 1 aliphatic rings. The van der Waals surface area contributed by atoms with E-state index in [1.54, 1.807) is 0 Å². The van der Waals surface area contributed by atoms with Crippen molar-refractivity contribution in [2.24, 2.45) is 0 Å². The van der Waals surface area contributed by atoms with Crippen LogP contribution in [-0.2, 0) is 38.3 Å². The maximum atomic E-state index is 12.9. The Hall–Kier alpha value is -2.46. The number of ether oxygens (including phenoxy) is 4. The molecule has 1 fully saturated rings. The number of carbonyl (C=O) groups is 1. The second-order valence-electron chi connectivity index (χ2n) is 17.4. The van der Waals surface area contributed by atoms with Crippen LogP contribution in [0.4, 0.5) is 0 Å². The molecular weight excluding hydrogens is 861 g/mol.